The molecule has 1 aromatic heterocycles. The largest absolute Gasteiger partial charge is 0.478 e. The molecule has 3 aromatic rings. The van der Waals surface area contributed by atoms with Gasteiger partial charge in [-0.2, -0.15) is 5.10 Å². The number of nitrogens with zero attached hydrogens (tertiary/aromatic N) is 2. The predicted molar refractivity (Wildman–Crippen MR) is 97.7 cm³/mol. The van der Waals surface area contributed by atoms with E-state index < -0.39 is 5.97 Å². The fourth-order valence-corrected chi connectivity index (χ4v) is 2.58. The van der Waals surface area contributed by atoms with E-state index in [1.165, 1.54) is 0 Å². The van der Waals surface area contributed by atoms with Gasteiger partial charge in [-0.25, -0.2) is 9.48 Å². The minimum absolute atomic E-state index is 0.155. The molecule has 0 fully saturated rings. The summed E-state index contributed by atoms with van der Waals surface area (Å²) in [5, 5.41) is 16.1. The van der Waals surface area contributed by atoms with Gasteiger partial charge in [-0.3, -0.25) is 4.79 Å². The normalized spacial score (nSPS) is 10.5. The lowest BCUT2D eigenvalue weighted by Gasteiger charge is -2.08. The third-order valence-electron chi connectivity index (χ3n) is 4.00. The number of carbonyl (C=O) groups is 2. The second-order valence-electron chi connectivity index (χ2n) is 5.96. The highest BCUT2D eigenvalue weighted by Gasteiger charge is 2.08. The highest BCUT2D eigenvalue weighted by atomic mass is 16.4. The Balaban J connectivity index is 1.59. The lowest BCUT2D eigenvalue weighted by molar-refractivity contribution is 0.0696. The molecule has 6 heteroatoms. The van der Waals surface area contributed by atoms with Gasteiger partial charge in [0.1, 0.15) is 0 Å². The molecular weight excluding hydrogens is 330 g/mol. The first kappa shape index (κ1) is 17.4. The number of aryl methyl sites for hydroxylation is 1. The predicted octanol–water partition coefficient (Wildman–Crippen LogP) is 2.85. The summed E-state index contributed by atoms with van der Waals surface area (Å²) in [6.45, 7) is 2.38. The van der Waals surface area contributed by atoms with Gasteiger partial charge in [0.25, 0.3) is 5.91 Å². The average Bonchev–Trinajstić information content (AvgIpc) is 3.08. The van der Waals surface area contributed by atoms with E-state index >= 15 is 0 Å². The number of carbonyl (C=O) groups excluding carboxylic acids is 1. The Morgan fingerprint density at radius 2 is 1.85 bits per heavy atom. The maximum atomic E-state index is 12.3. The molecule has 0 atom stereocenters. The van der Waals surface area contributed by atoms with Crippen molar-refractivity contribution in [3.63, 3.8) is 0 Å². The van der Waals surface area contributed by atoms with Crippen molar-refractivity contribution in [2.45, 2.75) is 13.3 Å². The highest BCUT2D eigenvalue weighted by Crippen LogP contribution is 2.11. The lowest BCUT2D eigenvalue weighted by Crippen LogP contribution is -2.25. The van der Waals surface area contributed by atoms with Crippen LogP contribution < -0.4 is 5.32 Å². The van der Waals surface area contributed by atoms with Gasteiger partial charge in [0.15, 0.2) is 0 Å². The first-order valence-electron chi connectivity index (χ1n) is 8.26. The van der Waals surface area contributed by atoms with Crippen LogP contribution in [0.3, 0.4) is 0 Å². The quantitative estimate of drug-likeness (QED) is 0.717. The van der Waals surface area contributed by atoms with E-state index in [4.69, 9.17) is 5.11 Å². The molecule has 132 valence electrons. The van der Waals surface area contributed by atoms with Crippen LogP contribution in [0.4, 0.5) is 0 Å². The number of aromatic nitrogens is 2. The smallest absolute Gasteiger partial charge is 0.335 e. The Morgan fingerprint density at radius 3 is 2.50 bits per heavy atom. The van der Waals surface area contributed by atoms with E-state index in [0.717, 1.165) is 16.9 Å². The van der Waals surface area contributed by atoms with Crippen molar-refractivity contribution in [1.29, 1.82) is 0 Å². The van der Waals surface area contributed by atoms with E-state index in [1.807, 2.05) is 31.3 Å². The summed E-state index contributed by atoms with van der Waals surface area (Å²) in [6, 6.07) is 15.8. The van der Waals surface area contributed by atoms with E-state index in [9.17, 15) is 9.59 Å². The van der Waals surface area contributed by atoms with Crippen molar-refractivity contribution >= 4 is 11.9 Å². The molecule has 0 radical (unpaired) electrons. The van der Waals surface area contributed by atoms with Gasteiger partial charge in [0.2, 0.25) is 0 Å². The standard InChI is InChI=1S/C20H19N3O3/c1-14-10-12-23(22-14)18-4-2-3-17(13-18)19(24)21-11-9-15-5-7-16(8-6-15)20(25)26/h2-8,10,12-13H,9,11H2,1H3,(H,21,24)(H,25,26). The minimum atomic E-state index is -0.947. The lowest BCUT2D eigenvalue weighted by atomic mass is 10.1. The van der Waals surface area contributed by atoms with Gasteiger partial charge in [-0.15, -0.1) is 0 Å². The summed E-state index contributed by atoms with van der Waals surface area (Å²) in [5.41, 5.74) is 3.53. The molecule has 26 heavy (non-hydrogen) atoms. The Morgan fingerprint density at radius 1 is 1.08 bits per heavy atom. The van der Waals surface area contributed by atoms with Crippen molar-refractivity contribution < 1.29 is 14.7 Å². The SMILES string of the molecule is Cc1ccn(-c2cccc(C(=O)NCCc3ccc(C(=O)O)cc3)c2)n1. The van der Waals surface area contributed by atoms with Crippen LogP contribution in [0.5, 0.6) is 0 Å². The number of carboxylic acids is 1. The van der Waals surface area contributed by atoms with Crippen molar-refractivity contribution in [3.05, 3.63) is 83.2 Å². The minimum Gasteiger partial charge on any atom is -0.478 e. The summed E-state index contributed by atoms with van der Waals surface area (Å²) >= 11 is 0. The number of hydrogen-bond donors (Lipinski definition) is 2. The van der Waals surface area contributed by atoms with Crippen LogP contribution >= 0.6 is 0 Å². The molecule has 3 rings (SSSR count). The van der Waals surface area contributed by atoms with Crippen LogP contribution in [0.25, 0.3) is 5.69 Å². The molecule has 0 aliphatic heterocycles. The molecule has 6 nitrogen and oxygen atoms in total. The molecule has 1 amide bonds. The molecule has 1 heterocycles. The number of rotatable bonds is 6. The molecule has 0 aliphatic rings. The van der Waals surface area contributed by atoms with Crippen LogP contribution in [-0.2, 0) is 6.42 Å². The van der Waals surface area contributed by atoms with Gasteiger partial charge in [0.05, 0.1) is 16.9 Å². The van der Waals surface area contributed by atoms with Gasteiger partial charge in [0, 0.05) is 18.3 Å². The fraction of sp³-hybridized carbons (Fsp3) is 0.150. The first-order valence-corrected chi connectivity index (χ1v) is 8.26. The van der Waals surface area contributed by atoms with Crippen molar-refractivity contribution in [2.75, 3.05) is 6.54 Å². The fourth-order valence-electron chi connectivity index (χ4n) is 2.58. The highest BCUT2D eigenvalue weighted by molar-refractivity contribution is 5.94. The summed E-state index contributed by atoms with van der Waals surface area (Å²) in [4.78, 5) is 23.2. The molecule has 0 aliphatic carbocycles. The van der Waals surface area contributed by atoms with Crippen molar-refractivity contribution in [1.82, 2.24) is 15.1 Å². The third kappa shape index (κ3) is 4.16. The zero-order valence-corrected chi connectivity index (χ0v) is 14.3. The number of aromatic carboxylic acids is 1. The van der Waals surface area contributed by atoms with Crippen LogP contribution in [0.2, 0.25) is 0 Å². The second kappa shape index (κ2) is 7.65. The first-order chi connectivity index (χ1) is 12.5. The van der Waals surface area contributed by atoms with E-state index in [-0.39, 0.29) is 11.5 Å². The molecule has 0 bridgehead atoms. The van der Waals surface area contributed by atoms with E-state index in [1.54, 1.807) is 41.1 Å². The molecule has 2 aromatic carbocycles. The Kier molecular flexibility index (Phi) is 5.12. The number of benzene rings is 2. The van der Waals surface area contributed by atoms with Gasteiger partial charge >= 0.3 is 5.97 Å². The summed E-state index contributed by atoms with van der Waals surface area (Å²) in [5.74, 6) is -1.10. The monoisotopic (exact) mass is 349 g/mol. The van der Waals surface area contributed by atoms with Crippen molar-refractivity contribution in [2.24, 2.45) is 0 Å². The molecule has 0 unspecified atom stereocenters. The number of nitrogens with one attached hydrogen (secondary N) is 1. The van der Waals surface area contributed by atoms with Crippen LogP contribution in [0, 0.1) is 6.92 Å². The van der Waals surface area contributed by atoms with Gasteiger partial charge in [-0.1, -0.05) is 18.2 Å². The third-order valence-corrected chi connectivity index (χ3v) is 4.00. The number of hydrogen-bond acceptors (Lipinski definition) is 3. The topological polar surface area (TPSA) is 84.2 Å². The molecular formula is C20H19N3O3. The molecule has 0 spiro atoms. The summed E-state index contributed by atoms with van der Waals surface area (Å²) in [7, 11) is 0. The summed E-state index contributed by atoms with van der Waals surface area (Å²) in [6.07, 6.45) is 2.48. The summed E-state index contributed by atoms with van der Waals surface area (Å²) < 4.78 is 1.73. The van der Waals surface area contributed by atoms with Gasteiger partial charge in [-0.05, 0) is 55.3 Å². The Bertz CT molecular complexity index is 929. The van der Waals surface area contributed by atoms with Gasteiger partial charge < -0.3 is 10.4 Å². The van der Waals surface area contributed by atoms with Crippen molar-refractivity contribution in [3.8, 4) is 5.69 Å². The van der Waals surface area contributed by atoms with Crippen LogP contribution in [0.15, 0.2) is 60.8 Å². The average molecular weight is 349 g/mol. The zero-order valence-electron chi connectivity index (χ0n) is 14.3. The van der Waals surface area contributed by atoms with E-state index in [2.05, 4.69) is 10.4 Å². The maximum Gasteiger partial charge on any atom is 0.335 e. The molecule has 0 saturated heterocycles. The molecule has 0 saturated carbocycles. The molecule has 2 N–H and O–H groups in total. The Hall–Kier alpha value is -3.41. The number of amides is 1. The number of carboxylic acid groups (broad SMARTS) is 1. The zero-order chi connectivity index (χ0) is 18.5. The Labute approximate surface area is 151 Å². The van der Waals surface area contributed by atoms with Crippen LogP contribution in [0.1, 0.15) is 32.0 Å². The van der Waals surface area contributed by atoms with Crippen LogP contribution in [-0.4, -0.2) is 33.3 Å². The van der Waals surface area contributed by atoms with E-state index in [0.29, 0.717) is 18.5 Å². The second-order valence-corrected chi connectivity index (χ2v) is 5.96. The maximum absolute atomic E-state index is 12.3.